The standard InChI is InChI=1S/C26H25F2N3O6S2/c27-16-5-10-22(20(28)12-16)37-23(15-3-6-18(7-4-15)39(35,36)19-8-9-19)24(32)30-26-29-13-17(38-26)14-31-11-1-2-21(31)25(33)34/h3-7,10,12-13,19,21,23H,1-2,8-9,11,14H2,(H,33,34)(H,29,30,32). The quantitative estimate of drug-likeness (QED) is 0.368. The average Bonchev–Trinajstić information content (AvgIpc) is 3.52. The number of anilines is 1. The third kappa shape index (κ3) is 6.10. The Morgan fingerprint density at radius 1 is 1.15 bits per heavy atom. The van der Waals surface area contributed by atoms with Crippen LogP contribution in [0.25, 0.3) is 0 Å². The fraction of sp³-hybridized carbons (Fsp3) is 0.346. The summed E-state index contributed by atoms with van der Waals surface area (Å²) >= 11 is 1.17. The molecule has 1 saturated carbocycles. The van der Waals surface area contributed by atoms with Crippen LogP contribution >= 0.6 is 11.3 Å². The lowest BCUT2D eigenvalue weighted by Gasteiger charge is -2.20. The van der Waals surface area contributed by atoms with E-state index in [0.717, 1.165) is 23.4 Å². The fourth-order valence-corrected chi connectivity index (χ4v) is 6.98. The van der Waals surface area contributed by atoms with Crippen LogP contribution in [0.4, 0.5) is 13.9 Å². The molecule has 2 aliphatic rings. The first-order valence-electron chi connectivity index (χ1n) is 12.3. The Labute approximate surface area is 227 Å². The molecule has 2 atom stereocenters. The molecule has 5 rings (SSSR count). The third-order valence-corrected chi connectivity index (χ3v) is 9.82. The van der Waals surface area contributed by atoms with Crippen molar-refractivity contribution in [2.24, 2.45) is 0 Å². The lowest BCUT2D eigenvalue weighted by atomic mass is 10.1. The number of hydrogen-bond donors (Lipinski definition) is 2. The molecule has 2 aromatic carbocycles. The summed E-state index contributed by atoms with van der Waals surface area (Å²) in [5.74, 6) is -3.76. The van der Waals surface area contributed by atoms with Crippen LogP contribution in [0, 0.1) is 11.6 Å². The maximum Gasteiger partial charge on any atom is 0.320 e. The van der Waals surface area contributed by atoms with Gasteiger partial charge in [0.05, 0.1) is 10.1 Å². The lowest BCUT2D eigenvalue weighted by molar-refractivity contribution is -0.142. The highest BCUT2D eigenvalue weighted by molar-refractivity contribution is 7.92. The normalized spacial score (nSPS) is 18.6. The Balaban J connectivity index is 1.36. The van der Waals surface area contributed by atoms with Crippen molar-refractivity contribution in [1.82, 2.24) is 9.88 Å². The van der Waals surface area contributed by atoms with Crippen molar-refractivity contribution in [3.8, 4) is 5.75 Å². The molecular weight excluding hydrogens is 552 g/mol. The van der Waals surface area contributed by atoms with Crippen LogP contribution in [-0.2, 0) is 26.0 Å². The zero-order valence-corrected chi connectivity index (χ0v) is 22.2. The van der Waals surface area contributed by atoms with E-state index in [1.165, 1.54) is 35.6 Å². The summed E-state index contributed by atoms with van der Waals surface area (Å²) in [7, 11) is -3.46. The van der Waals surface area contributed by atoms with Crippen molar-refractivity contribution in [2.75, 3.05) is 11.9 Å². The number of nitrogens with zero attached hydrogens (tertiary/aromatic N) is 2. The highest BCUT2D eigenvalue weighted by Crippen LogP contribution is 2.35. The molecule has 1 amide bonds. The Bertz CT molecular complexity index is 1490. The Morgan fingerprint density at radius 2 is 1.90 bits per heavy atom. The SMILES string of the molecule is O=C(Nc1ncc(CN2CCCC2C(=O)O)s1)C(Oc1ccc(F)cc1F)c1ccc(S(=O)(=O)C2CC2)cc1. The van der Waals surface area contributed by atoms with E-state index in [-0.39, 0.29) is 21.3 Å². The molecule has 1 aliphatic heterocycles. The van der Waals surface area contributed by atoms with E-state index < -0.39 is 50.7 Å². The number of amides is 1. The van der Waals surface area contributed by atoms with Gasteiger partial charge in [0, 0.05) is 29.2 Å². The molecule has 39 heavy (non-hydrogen) atoms. The van der Waals surface area contributed by atoms with Crippen LogP contribution in [0.5, 0.6) is 5.75 Å². The molecule has 2 fully saturated rings. The van der Waals surface area contributed by atoms with Crippen molar-refractivity contribution in [3.05, 3.63) is 70.7 Å². The number of thiazole rings is 1. The number of carboxylic acid groups (broad SMARTS) is 1. The number of carbonyl (C=O) groups excluding carboxylic acids is 1. The van der Waals surface area contributed by atoms with Gasteiger partial charge in [-0.15, -0.1) is 11.3 Å². The molecule has 1 aromatic heterocycles. The van der Waals surface area contributed by atoms with Crippen molar-refractivity contribution >= 4 is 38.2 Å². The Hall–Kier alpha value is -3.42. The van der Waals surface area contributed by atoms with E-state index in [9.17, 15) is 31.9 Å². The van der Waals surface area contributed by atoms with Crippen molar-refractivity contribution in [3.63, 3.8) is 0 Å². The van der Waals surface area contributed by atoms with Gasteiger partial charge < -0.3 is 9.84 Å². The molecule has 2 N–H and O–H groups in total. The minimum absolute atomic E-state index is 0.118. The van der Waals surface area contributed by atoms with Gasteiger partial charge in [0.1, 0.15) is 11.9 Å². The molecule has 13 heteroatoms. The second kappa shape index (κ2) is 11.0. The molecule has 0 bridgehead atoms. The number of nitrogens with one attached hydrogen (secondary N) is 1. The number of carboxylic acids is 1. The highest BCUT2D eigenvalue weighted by Gasteiger charge is 2.37. The summed E-state index contributed by atoms with van der Waals surface area (Å²) in [5, 5.41) is 11.9. The minimum atomic E-state index is -3.46. The Kier molecular flexibility index (Phi) is 7.65. The Morgan fingerprint density at radius 3 is 2.56 bits per heavy atom. The van der Waals surface area contributed by atoms with Gasteiger partial charge in [-0.3, -0.25) is 19.8 Å². The zero-order chi connectivity index (χ0) is 27.7. The largest absolute Gasteiger partial charge is 0.480 e. The van der Waals surface area contributed by atoms with Crippen LogP contribution in [0.2, 0.25) is 0 Å². The number of benzene rings is 2. The van der Waals surface area contributed by atoms with E-state index in [1.54, 1.807) is 6.20 Å². The summed E-state index contributed by atoms with van der Waals surface area (Å²) in [6.45, 7) is 1.00. The van der Waals surface area contributed by atoms with Crippen LogP contribution in [-0.4, -0.2) is 53.1 Å². The van der Waals surface area contributed by atoms with E-state index in [4.69, 9.17) is 4.74 Å². The number of halogens is 2. The number of aliphatic carboxylic acids is 1. The molecule has 1 aliphatic carbocycles. The van der Waals surface area contributed by atoms with Gasteiger partial charge in [-0.05, 0) is 56.5 Å². The van der Waals surface area contributed by atoms with E-state index in [0.29, 0.717) is 38.4 Å². The van der Waals surface area contributed by atoms with Crippen LogP contribution < -0.4 is 10.1 Å². The average molecular weight is 578 g/mol. The monoisotopic (exact) mass is 577 g/mol. The molecule has 2 heterocycles. The summed E-state index contributed by atoms with van der Waals surface area (Å²) in [4.78, 5) is 31.7. The summed E-state index contributed by atoms with van der Waals surface area (Å²) in [6, 6.07) is 7.73. The highest BCUT2D eigenvalue weighted by atomic mass is 32.2. The number of likely N-dealkylation sites (tertiary alicyclic amines) is 1. The third-order valence-electron chi connectivity index (χ3n) is 6.64. The van der Waals surface area contributed by atoms with Gasteiger partial charge >= 0.3 is 5.97 Å². The van der Waals surface area contributed by atoms with Gasteiger partial charge in [0.2, 0.25) is 6.10 Å². The summed E-state index contributed by atoms with van der Waals surface area (Å²) in [5.41, 5.74) is 0.254. The van der Waals surface area contributed by atoms with E-state index in [1.807, 2.05) is 4.90 Å². The van der Waals surface area contributed by atoms with Gasteiger partial charge in [0.25, 0.3) is 5.91 Å². The van der Waals surface area contributed by atoms with Gasteiger partial charge in [0.15, 0.2) is 26.5 Å². The van der Waals surface area contributed by atoms with Crippen LogP contribution in [0.15, 0.2) is 53.6 Å². The van der Waals surface area contributed by atoms with Crippen LogP contribution in [0.1, 0.15) is 42.2 Å². The molecule has 3 aromatic rings. The van der Waals surface area contributed by atoms with E-state index >= 15 is 0 Å². The second-order valence-corrected chi connectivity index (χ2v) is 12.8. The number of sulfone groups is 1. The van der Waals surface area contributed by atoms with E-state index in [2.05, 4.69) is 10.3 Å². The first-order valence-corrected chi connectivity index (χ1v) is 14.7. The van der Waals surface area contributed by atoms with Crippen molar-refractivity contribution < 1.29 is 36.6 Å². The molecule has 0 spiro atoms. The molecule has 2 unspecified atom stereocenters. The second-order valence-electron chi connectivity index (χ2n) is 9.47. The van der Waals surface area contributed by atoms with Crippen LogP contribution in [0.3, 0.4) is 0 Å². The van der Waals surface area contributed by atoms with Gasteiger partial charge in [-0.25, -0.2) is 22.2 Å². The predicted molar refractivity (Wildman–Crippen MR) is 138 cm³/mol. The molecule has 9 nitrogen and oxygen atoms in total. The molecule has 1 saturated heterocycles. The van der Waals surface area contributed by atoms with Gasteiger partial charge in [-0.2, -0.15) is 0 Å². The molecule has 0 radical (unpaired) electrons. The summed E-state index contributed by atoms with van der Waals surface area (Å²) < 4.78 is 58.6. The number of ether oxygens (including phenoxy) is 1. The van der Waals surface area contributed by atoms with Gasteiger partial charge in [-0.1, -0.05) is 12.1 Å². The van der Waals surface area contributed by atoms with Crippen molar-refractivity contribution in [2.45, 2.75) is 54.5 Å². The smallest absolute Gasteiger partial charge is 0.320 e. The maximum absolute atomic E-state index is 14.4. The summed E-state index contributed by atoms with van der Waals surface area (Å²) in [6.07, 6.45) is 2.69. The predicted octanol–water partition coefficient (Wildman–Crippen LogP) is 4.17. The lowest BCUT2D eigenvalue weighted by Crippen LogP contribution is -2.35. The number of aromatic nitrogens is 1. The molecule has 206 valence electrons. The maximum atomic E-state index is 14.4. The fourth-order valence-electron chi connectivity index (χ4n) is 4.48. The first-order chi connectivity index (χ1) is 18.6. The topological polar surface area (TPSA) is 126 Å². The minimum Gasteiger partial charge on any atom is -0.480 e. The number of hydrogen-bond acceptors (Lipinski definition) is 8. The van der Waals surface area contributed by atoms with Crippen molar-refractivity contribution in [1.29, 1.82) is 0 Å². The zero-order valence-electron chi connectivity index (χ0n) is 20.5. The molecular formula is C26H25F2N3O6S2. The first kappa shape index (κ1) is 27.2. The number of carbonyl (C=O) groups is 2. The number of rotatable bonds is 10.